The standard InChI is InChI=1S/C19H24ClN3O3S/c1-3-4-5-6-12(2)11-21-19(27)23-22-18(25)17-10-15(24)14-9-13(20)7-8-16(14)26-17/h7-10,12H,3-6,11H2,1-2H3,(H,22,25)(H2,21,23,27)/t12-/m0/s1. The smallest absolute Gasteiger partial charge is 0.305 e. The summed E-state index contributed by atoms with van der Waals surface area (Å²) in [6.07, 6.45) is 4.75. The molecule has 2 aromatic rings. The van der Waals surface area contributed by atoms with E-state index >= 15 is 0 Å². The summed E-state index contributed by atoms with van der Waals surface area (Å²) in [5.41, 5.74) is 4.99. The maximum atomic E-state index is 12.2. The van der Waals surface area contributed by atoms with Crippen molar-refractivity contribution in [3.8, 4) is 0 Å². The number of carbonyl (C=O) groups is 1. The lowest BCUT2D eigenvalue weighted by atomic mass is 10.0. The van der Waals surface area contributed by atoms with Crippen molar-refractivity contribution in [1.82, 2.24) is 16.2 Å². The van der Waals surface area contributed by atoms with Gasteiger partial charge in [-0.25, -0.2) is 0 Å². The van der Waals surface area contributed by atoms with E-state index in [-0.39, 0.29) is 11.2 Å². The fourth-order valence-electron chi connectivity index (χ4n) is 2.57. The first-order chi connectivity index (χ1) is 12.9. The SMILES string of the molecule is CCCCC[C@H](C)CNC(=S)NNC(=O)c1cc(=O)c2cc(Cl)ccc2o1. The average molecular weight is 410 g/mol. The number of fused-ring (bicyclic) bond motifs is 1. The molecular weight excluding hydrogens is 386 g/mol. The highest BCUT2D eigenvalue weighted by molar-refractivity contribution is 7.80. The number of rotatable bonds is 7. The zero-order valence-electron chi connectivity index (χ0n) is 15.4. The van der Waals surface area contributed by atoms with Crippen LogP contribution in [0, 0.1) is 5.92 Å². The summed E-state index contributed by atoms with van der Waals surface area (Å²) in [5, 5.41) is 4.11. The average Bonchev–Trinajstić information content (AvgIpc) is 2.65. The molecule has 0 saturated heterocycles. The first kappa shape index (κ1) is 21.2. The number of thiocarbonyl (C=S) groups is 1. The van der Waals surface area contributed by atoms with Gasteiger partial charge in [-0.3, -0.25) is 20.4 Å². The number of benzene rings is 1. The van der Waals surface area contributed by atoms with E-state index in [0.29, 0.717) is 27.0 Å². The van der Waals surface area contributed by atoms with Gasteiger partial charge in [0.05, 0.1) is 5.39 Å². The topological polar surface area (TPSA) is 83.4 Å². The maximum Gasteiger partial charge on any atom is 0.305 e. The van der Waals surface area contributed by atoms with Crippen LogP contribution in [0.1, 0.15) is 50.1 Å². The van der Waals surface area contributed by atoms with Crippen LogP contribution in [0.3, 0.4) is 0 Å². The Bertz CT molecular complexity index is 869. The van der Waals surface area contributed by atoms with Gasteiger partial charge in [0.15, 0.2) is 16.3 Å². The third kappa shape index (κ3) is 6.52. The molecule has 1 heterocycles. The van der Waals surface area contributed by atoms with Gasteiger partial charge in [-0.05, 0) is 42.8 Å². The molecule has 1 atom stereocenters. The van der Waals surface area contributed by atoms with Crippen molar-refractivity contribution in [1.29, 1.82) is 0 Å². The Balaban J connectivity index is 1.86. The Morgan fingerprint density at radius 3 is 2.78 bits per heavy atom. The summed E-state index contributed by atoms with van der Waals surface area (Å²) >= 11 is 11.0. The van der Waals surface area contributed by atoms with E-state index in [0.717, 1.165) is 19.0 Å². The monoisotopic (exact) mass is 409 g/mol. The van der Waals surface area contributed by atoms with Crippen LogP contribution in [-0.2, 0) is 0 Å². The Hall–Kier alpha value is -2.12. The Kier molecular flexibility index (Phi) is 8.06. The predicted molar refractivity (Wildman–Crippen MR) is 112 cm³/mol. The molecule has 0 aliphatic heterocycles. The number of hydrazine groups is 1. The Labute approximate surface area is 168 Å². The van der Waals surface area contributed by atoms with Crippen molar-refractivity contribution in [2.45, 2.75) is 39.5 Å². The summed E-state index contributed by atoms with van der Waals surface area (Å²) < 4.78 is 5.47. The molecule has 0 saturated carbocycles. The molecule has 0 unspecified atom stereocenters. The highest BCUT2D eigenvalue weighted by Crippen LogP contribution is 2.17. The van der Waals surface area contributed by atoms with Crippen LogP contribution in [0.15, 0.2) is 33.5 Å². The van der Waals surface area contributed by atoms with Crippen molar-refractivity contribution in [2.24, 2.45) is 5.92 Å². The third-order valence-electron chi connectivity index (χ3n) is 4.11. The molecule has 3 N–H and O–H groups in total. The molecule has 146 valence electrons. The summed E-state index contributed by atoms with van der Waals surface area (Å²) in [7, 11) is 0. The summed E-state index contributed by atoms with van der Waals surface area (Å²) in [6, 6.07) is 5.77. The molecular formula is C19H24ClN3O3S. The van der Waals surface area contributed by atoms with Gasteiger partial charge < -0.3 is 9.73 Å². The molecule has 6 nitrogen and oxygen atoms in total. The fourth-order valence-corrected chi connectivity index (χ4v) is 2.88. The van der Waals surface area contributed by atoms with Crippen LogP contribution in [0.2, 0.25) is 5.02 Å². The minimum absolute atomic E-state index is 0.113. The highest BCUT2D eigenvalue weighted by atomic mass is 35.5. The van der Waals surface area contributed by atoms with Crippen LogP contribution in [-0.4, -0.2) is 17.6 Å². The molecule has 1 aromatic carbocycles. The van der Waals surface area contributed by atoms with Crippen molar-refractivity contribution in [3.63, 3.8) is 0 Å². The molecule has 0 aliphatic rings. The van der Waals surface area contributed by atoms with E-state index < -0.39 is 5.91 Å². The molecule has 0 radical (unpaired) electrons. The second kappa shape index (κ2) is 10.3. The Morgan fingerprint density at radius 1 is 1.26 bits per heavy atom. The first-order valence-corrected chi connectivity index (χ1v) is 9.77. The van der Waals surface area contributed by atoms with Crippen LogP contribution in [0.25, 0.3) is 11.0 Å². The van der Waals surface area contributed by atoms with Crippen molar-refractivity contribution < 1.29 is 9.21 Å². The molecule has 0 aliphatic carbocycles. The molecule has 8 heteroatoms. The van der Waals surface area contributed by atoms with Gasteiger partial charge in [0.25, 0.3) is 0 Å². The molecule has 0 fully saturated rings. The van der Waals surface area contributed by atoms with Gasteiger partial charge in [-0.2, -0.15) is 0 Å². The first-order valence-electron chi connectivity index (χ1n) is 8.98. The predicted octanol–water partition coefficient (Wildman–Crippen LogP) is 3.77. The maximum absolute atomic E-state index is 12.2. The van der Waals surface area contributed by atoms with E-state index in [9.17, 15) is 9.59 Å². The largest absolute Gasteiger partial charge is 0.451 e. The summed E-state index contributed by atoms with van der Waals surface area (Å²) in [6.45, 7) is 5.05. The zero-order valence-corrected chi connectivity index (χ0v) is 17.0. The number of unbranched alkanes of at least 4 members (excludes halogenated alkanes) is 2. The van der Waals surface area contributed by atoms with Crippen molar-refractivity contribution in [2.75, 3.05) is 6.54 Å². The van der Waals surface area contributed by atoms with Gasteiger partial charge in [0, 0.05) is 17.6 Å². The summed E-state index contributed by atoms with van der Waals surface area (Å²) in [5.74, 6) is -0.223. The minimum Gasteiger partial charge on any atom is -0.451 e. The van der Waals surface area contributed by atoms with Gasteiger partial charge in [-0.15, -0.1) is 0 Å². The number of halogens is 1. The van der Waals surface area contributed by atoms with E-state index in [2.05, 4.69) is 30.0 Å². The van der Waals surface area contributed by atoms with Crippen LogP contribution < -0.4 is 21.6 Å². The van der Waals surface area contributed by atoms with E-state index in [1.54, 1.807) is 12.1 Å². The molecule has 1 amide bonds. The van der Waals surface area contributed by atoms with Gasteiger partial charge >= 0.3 is 5.91 Å². The third-order valence-corrected chi connectivity index (χ3v) is 4.60. The molecule has 1 aromatic heterocycles. The van der Waals surface area contributed by atoms with Crippen LogP contribution >= 0.6 is 23.8 Å². The lowest BCUT2D eigenvalue weighted by Gasteiger charge is -2.15. The lowest BCUT2D eigenvalue weighted by Crippen LogP contribution is -2.47. The summed E-state index contributed by atoms with van der Waals surface area (Å²) in [4.78, 5) is 24.3. The number of hydrogen-bond donors (Lipinski definition) is 3. The fraction of sp³-hybridized carbons (Fsp3) is 0.421. The van der Waals surface area contributed by atoms with Crippen LogP contribution in [0.5, 0.6) is 0 Å². The number of nitrogens with one attached hydrogen (secondary N) is 3. The van der Waals surface area contributed by atoms with Crippen molar-refractivity contribution >= 4 is 45.8 Å². The van der Waals surface area contributed by atoms with Gasteiger partial charge in [-0.1, -0.05) is 44.7 Å². The lowest BCUT2D eigenvalue weighted by molar-refractivity contribution is 0.0916. The molecule has 0 spiro atoms. The number of amides is 1. The van der Waals surface area contributed by atoms with Gasteiger partial charge in [0.2, 0.25) is 0 Å². The second-order valence-electron chi connectivity index (χ2n) is 6.51. The van der Waals surface area contributed by atoms with E-state index in [1.807, 2.05) is 0 Å². The number of carbonyl (C=O) groups excluding carboxylic acids is 1. The van der Waals surface area contributed by atoms with E-state index in [4.69, 9.17) is 28.2 Å². The van der Waals surface area contributed by atoms with Crippen molar-refractivity contribution in [3.05, 3.63) is 45.3 Å². The van der Waals surface area contributed by atoms with Gasteiger partial charge in [0.1, 0.15) is 5.58 Å². The molecule has 2 rings (SSSR count). The number of hydrogen-bond acceptors (Lipinski definition) is 4. The van der Waals surface area contributed by atoms with Crippen LogP contribution in [0.4, 0.5) is 0 Å². The molecule has 0 bridgehead atoms. The zero-order chi connectivity index (χ0) is 19.8. The minimum atomic E-state index is -0.593. The second-order valence-corrected chi connectivity index (χ2v) is 7.35. The highest BCUT2D eigenvalue weighted by Gasteiger charge is 2.13. The molecule has 27 heavy (non-hydrogen) atoms. The Morgan fingerprint density at radius 2 is 2.04 bits per heavy atom. The quantitative estimate of drug-likeness (QED) is 0.367. The van der Waals surface area contributed by atoms with E-state index in [1.165, 1.54) is 25.3 Å². The normalized spacial score (nSPS) is 11.8.